The highest BCUT2D eigenvalue weighted by Crippen LogP contribution is 2.44. The molecule has 0 spiro atoms. The van der Waals surface area contributed by atoms with E-state index >= 15 is 0 Å². The Balaban J connectivity index is 1.67. The second-order valence-electron chi connectivity index (χ2n) is 5.83. The van der Waals surface area contributed by atoms with Gasteiger partial charge in [-0.2, -0.15) is 0 Å². The van der Waals surface area contributed by atoms with Crippen LogP contribution in [0.3, 0.4) is 0 Å². The van der Waals surface area contributed by atoms with Gasteiger partial charge in [0.2, 0.25) is 0 Å². The molecule has 0 saturated carbocycles. The summed E-state index contributed by atoms with van der Waals surface area (Å²) in [5.74, 6) is -0.618. The van der Waals surface area contributed by atoms with Crippen molar-refractivity contribution in [1.82, 2.24) is 4.90 Å². The quantitative estimate of drug-likeness (QED) is 0.590. The first-order valence-corrected chi connectivity index (χ1v) is 6.50. The van der Waals surface area contributed by atoms with Crippen molar-refractivity contribution in [1.29, 1.82) is 0 Å². The summed E-state index contributed by atoms with van der Waals surface area (Å²) in [5.41, 5.74) is 0. The Morgan fingerprint density at radius 3 is 2.83 bits per heavy atom. The van der Waals surface area contributed by atoms with Crippen LogP contribution >= 0.6 is 0 Å². The first-order chi connectivity index (χ1) is 8.55. The third-order valence-electron chi connectivity index (χ3n) is 4.16. The van der Waals surface area contributed by atoms with Crippen LogP contribution in [0.1, 0.15) is 20.3 Å². The van der Waals surface area contributed by atoms with Gasteiger partial charge >= 0.3 is 6.09 Å². The molecule has 6 nitrogen and oxygen atoms in total. The Kier molecular flexibility index (Phi) is 2.06. The van der Waals surface area contributed by atoms with Crippen molar-refractivity contribution in [3.8, 4) is 0 Å². The molecule has 0 aromatic carbocycles. The molecule has 0 unspecified atom stereocenters. The molecule has 4 saturated heterocycles. The molecule has 1 amide bonds. The molecule has 4 heterocycles. The van der Waals surface area contributed by atoms with Gasteiger partial charge in [0.15, 0.2) is 5.79 Å². The molecule has 5 atom stereocenters. The van der Waals surface area contributed by atoms with E-state index < -0.39 is 5.79 Å². The molecule has 0 N–H and O–H groups in total. The minimum atomic E-state index is -0.618. The molecule has 4 aliphatic rings. The monoisotopic (exact) mass is 255 g/mol. The first kappa shape index (κ1) is 11.0. The number of nitrogens with zero attached hydrogens (tertiary/aromatic N) is 1. The standard InChI is InChI=1S/C12H17NO5/c1-12(2)17-8-6-5-15-11(14)13(6)4-3-7-9(16-7)10(8)18-12/h6-10H,3-5H2,1-2H3/t6-,7+,8-,9+,10+/m1/s1. The predicted octanol–water partition coefficient (Wildman–Crippen LogP) is 0.498. The Hall–Kier alpha value is -0.850. The molecule has 0 bridgehead atoms. The summed E-state index contributed by atoms with van der Waals surface area (Å²) in [6, 6.07) is -0.0468. The molecule has 18 heavy (non-hydrogen) atoms. The highest BCUT2D eigenvalue weighted by Gasteiger charge is 2.60. The minimum absolute atomic E-state index is 0.0468. The number of cyclic esters (lactones) is 1. The Labute approximate surface area is 105 Å². The Morgan fingerprint density at radius 1 is 1.22 bits per heavy atom. The lowest BCUT2D eigenvalue weighted by Crippen LogP contribution is -2.50. The number of epoxide rings is 1. The molecular formula is C12H17NO5. The average Bonchev–Trinajstić information content (AvgIpc) is 2.86. The van der Waals surface area contributed by atoms with E-state index in [1.807, 2.05) is 13.8 Å². The molecule has 0 aromatic rings. The van der Waals surface area contributed by atoms with Gasteiger partial charge < -0.3 is 18.9 Å². The smallest absolute Gasteiger partial charge is 0.410 e. The number of fused-ring (bicyclic) bond motifs is 5. The van der Waals surface area contributed by atoms with Crippen molar-refractivity contribution < 1.29 is 23.7 Å². The van der Waals surface area contributed by atoms with Crippen LogP contribution in [0.5, 0.6) is 0 Å². The molecular weight excluding hydrogens is 238 g/mol. The van der Waals surface area contributed by atoms with E-state index in [4.69, 9.17) is 18.9 Å². The van der Waals surface area contributed by atoms with Gasteiger partial charge in [-0.05, 0) is 20.3 Å². The van der Waals surface area contributed by atoms with Crippen molar-refractivity contribution in [3.05, 3.63) is 0 Å². The van der Waals surface area contributed by atoms with Crippen molar-refractivity contribution in [2.24, 2.45) is 0 Å². The van der Waals surface area contributed by atoms with Gasteiger partial charge in [-0.1, -0.05) is 0 Å². The molecule has 0 aromatic heterocycles. The number of rotatable bonds is 0. The molecule has 6 heteroatoms. The summed E-state index contributed by atoms with van der Waals surface area (Å²) < 4.78 is 22.7. The summed E-state index contributed by atoms with van der Waals surface area (Å²) in [6.45, 7) is 4.86. The van der Waals surface area contributed by atoms with E-state index in [0.29, 0.717) is 13.2 Å². The molecule has 4 aliphatic heterocycles. The van der Waals surface area contributed by atoms with Crippen LogP contribution in [-0.4, -0.2) is 60.4 Å². The summed E-state index contributed by atoms with van der Waals surface area (Å²) >= 11 is 0. The molecule has 0 aliphatic carbocycles. The lowest BCUT2D eigenvalue weighted by molar-refractivity contribution is -0.151. The predicted molar refractivity (Wildman–Crippen MR) is 58.9 cm³/mol. The number of carbonyl (C=O) groups is 1. The number of hydrogen-bond acceptors (Lipinski definition) is 5. The fraction of sp³-hybridized carbons (Fsp3) is 0.917. The van der Waals surface area contributed by atoms with Gasteiger partial charge in [0.25, 0.3) is 0 Å². The molecule has 4 rings (SSSR count). The summed E-state index contributed by atoms with van der Waals surface area (Å²) in [4.78, 5) is 13.5. The largest absolute Gasteiger partial charge is 0.447 e. The van der Waals surface area contributed by atoms with Gasteiger partial charge in [-0.15, -0.1) is 0 Å². The molecule has 0 radical (unpaired) electrons. The number of hydrogen-bond donors (Lipinski definition) is 0. The number of ether oxygens (including phenoxy) is 4. The zero-order valence-corrected chi connectivity index (χ0v) is 10.5. The van der Waals surface area contributed by atoms with E-state index in [0.717, 1.165) is 6.42 Å². The van der Waals surface area contributed by atoms with Crippen molar-refractivity contribution in [3.63, 3.8) is 0 Å². The summed E-state index contributed by atoms with van der Waals surface area (Å²) in [5, 5.41) is 0. The van der Waals surface area contributed by atoms with Crippen LogP contribution in [0.25, 0.3) is 0 Å². The van der Waals surface area contributed by atoms with Gasteiger partial charge in [-0.25, -0.2) is 4.79 Å². The van der Waals surface area contributed by atoms with Crippen LogP contribution in [0.15, 0.2) is 0 Å². The van der Waals surface area contributed by atoms with E-state index in [2.05, 4.69) is 0 Å². The lowest BCUT2D eigenvalue weighted by Gasteiger charge is -2.29. The topological polar surface area (TPSA) is 60.5 Å². The van der Waals surface area contributed by atoms with Crippen LogP contribution in [-0.2, 0) is 18.9 Å². The summed E-state index contributed by atoms with van der Waals surface area (Å²) in [6.07, 6.45) is 0.683. The molecule has 100 valence electrons. The lowest BCUT2D eigenvalue weighted by atomic mass is 9.98. The minimum Gasteiger partial charge on any atom is -0.447 e. The second kappa shape index (κ2) is 3.37. The van der Waals surface area contributed by atoms with E-state index in [9.17, 15) is 4.79 Å². The van der Waals surface area contributed by atoms with Gasteiger partial charge in [0.05, 0.1) is 12.1 Å². The fourth-order valence-electron chi connectivity index (χ4n) is 3.31. The maximum atomic E-state index is 11.7. The third kappa shape index (κ3) is 1.49. The van der Waals surface area contributed by atoms with Crippen LogP contribution in [0, 0.1) is 0 Å². The van der Waals surface area contributed by atoms with E-state index in [-0.39, 0.29) is 36.6 Å². The van der Waals surface area contributed by atoms with Crippen LogP contribution in [0.2, 0.25) is 0 Å². The number of amides is 1. The van der Waals surface area contributed by atoms with Crippen molar-refractivity contribution in [2.45, 2.75) is 56.5 Å². The third-order valence-corrected chi connectivity index (χ3v) is 4.16. The zero-order valence-electron chi connectivity index (χ0n) is 10.5. The Bertz CT molecular complexity index is 398. The van der Waals surface area contributed by atoms with Gasteiger partial charge in [0, 0.05) is 6.54 Å². The maximum absolute atomic E-state index is 11.7. The first-order valence-electron chi connectivity index (χ1n) is 6.50. The maximum Gasteiger partial charge on any atom is 0.410 e. The average molecular weight is 255 g/mol. The van der Waals surface area contributed by atoms with Gasteiger partial charge in [-0.3, -0.25) is 4.90 Å². The van der Waals surface area contributed by atoms with Crippen LogP contribution in [0.4, 0.5) is 4.79 Å². The normalized spacial score (nSPS) is 48.7. The summed E-state index contributed by atoms with van der Waals surface area (Å²) in [7, 11) is 0. The van der Waals surface area contributed by atoms with Crippen LogP contribution < -0.4 is 0 Å². The highest BCUT2D eigenvalue weighted by atomic mass is 16.8. The second-order valence-corrected chi connectivity index (χ2v) is 5.83. The highest BCUT2D eigenvalue weighted by molar-refractivity contribution is 5.70. The molecule has 4 fully saturated rings. The zero-order chi connectivity index (χ0) is 12.5. The van der Waals surface area contributed by atoms with E-state index in [1.165, 1.54) is 0 Å². The van der Waals surface area contributed by atoms with Crippen molar-refractivity contribution >= 4 is 6.09 Å². The van der Waals surface area contributed by atoms with E-state index in [1.54, 1.807) is 4.90 Å². The fourth-order valence-corrected chi connectivity index (χ4v) is 3.31. The number of carbonyl (C=O) groups excluding carboxylic acids is 1. The Morgan fingerprint density at radius 2 is 2.00 bits per heavy atom. The van der Waals surface area contributed by atoms with Crippen molar-refractivity contribution in [2.75, 3.05) is 13.2 Å². The van der Waals surface area contributed by atoms with Gasteiger partial charge in [0.1, 0.15) is 24.9 Å². The SMILES string of the molecule is CC1(C)O[C@@H]2[C@H]3O[C@H]3CCN3C(=O)OC[C@@H]3[C@H]2O1.